The molecule has 26 heavy (non-hydrogen) atoms. The van der Waals surface area contributed by atoms with E-state index in [1.165, 1.54) is 50.1 Å². The minimum absolute atomic E-state index is 0.375. The molecule has 4 rings (SSSR count). The quantitative estimate of drug-likeness (QED) is 0.798. The number of nitrogens with zero attached hydrogens (tertiary/aromatic N) is 4. The molecule has 0 atom stereocenters. The number of rotatable bonds is 6. The van der Waals surface area contributed by atoms with Gasteiger partial charge in [-0.3, -0.25) is 9.80 Å². The van der Waals surface area contributed by atoms with Crippen molar-refractivity contribution < 1.29 is 0 Å². The third kappa shape index (κ3) is 3.92. The Bertz CT molecular complexity index is 701. The van der Waals surface area contributed by atoms with Crippen molar-refractivity contribution >= 4 is 5.82 Å². The Morgan fingerprint density at radius 1 is 1.00 bits per heavy atom. The summed E-state index contributed by atoms with van der Waals surface area (Å²) in [7, 11) is 2.18. The molecule has 1 saturated heterocycles. The van der Waals surface area contributed by atoms with E-state index in [0.717, 1.165) is 18.9 Å². The molecular weight excluding hydrogens is 320 g/mol. The van der Waals surface area contributed by atoms with E-state index in [2.05, 4.69) is 76.1 Å². The van der Waals surface area contributed by atoms with E-state index in [4.69, 9.17) is 0 Å². The van der Waals surface area contributed by atoms with Gasteiger partial charge in [0.1, 0.15) is 5.82 Å². The van der Waals surface area contributed by atoms with Gasteiger partial charge < -0.3 is 4.90 Å². The second kappa shape index (κ2) is 7.37. The van der Waals surface area contributed by atoms with E-state index >= 15 is 0 Å². The fourth-order valence-electron chi connectivity index (χ4n) is 4.15. The number of hydrogen-bond donors (Lipinski definition) is 0. The molecule has 0 bridgehead atoms. The minimum atomic E-state index is 0.375. The second-order valence-corrected chi connectivity index (χ2v) is 8.02. The van der Waals surface area contributed by atoms with Crippen molar-refractivity contribution in [2.45, 2.75) is 31.8 Å². The van der Waals surface area contributed by atoms with Crippen LogP contribution >= 0.6 is 0 Å². The molecule has 0 unspecified atom stereocenters. The topological polar surface area (TPSA) is 22.6 Å². The average molecular weight is 351 g/mol. The van der Waals surface area contributed by atoms with Gasteiger partial charge in [0.25, 0.3) is 0 Å². The third-order valence-electron chi connectivity index (χ3n) is 5.94. The molecule has 1 saturated carbocycles. The Hall–Kier alpha value is -1.91. The lowest BCUT2D eigenvalue weighted by Crippen LogP contribution is -2.54. The fraction of sp³-hybridized carbons (Fsp3) is 0.500. The van der Waals surface area contributed by atoms with Crippen LogP contribution in [0.25, 0.3) is 0 Å². The maximum Gasteiger partial charge on any atom is 0.128 e. The van der Waals surface area contributed by atoms with Crippen LogP contribution in [0.1, 0.15) is 24.0 Å². The lowest BCUT2D eigenvalue weighted by Gasteiger charge is -2.41. The van der Waals surface area contributed by atoms with Crippen LogP contribution in [0.3, 0.4) is 0 Å². The summed E-state index contributed by atoms with van der Waals surface area (Å²) in [6.07, 6.45) is 4.61. The Kier molecular flexibility index (Phi) is 4.96. The zero-order valence-electron chi connectivity index (χ0n) is 16.1. The Labute approximate surface area is 157 Å². The molecule has 2 aromatic rings. The molecule has 1 aliphatic heterocycles. The molecule has 1 aromatic heterocycles. The van der Waals surface area contributed by atoms with Crippen LogP contribution in [0.15, 0.2) is 48.7 Å². The molecule has 2 fully saturated rings. The number of piperazine rings is 1. The highest BCUT2D eigenvalue weighted by molar-refractivity contribution is 5.39. The lowest BCUT2D eigenvalue weighted by atomic mass is 10.1. The zero-order valence-corrected chi connectivity index (χ0v) is 16.1. The highest BCUT2D eigenvalue weighted by Crippen LogP contribution is 2.43. The first-order chi connectivity index (χ1) is 12.6. The summed E-state index contributed by atoms with van der Waals surface area (Å²) in [6.45, 7) is 8.96. The summed E-state index contributed by atoms with van der Waals surface area (Å²) in [6, 6.07) is 15.1. The number of pyridine rings is 1. The first kappa shape index (κ1) is 17.5. The van der Waals surface area contributed by atoms with E-state index in [9.17, 15) is 0 Å². The van der Waals surface area contributed by atoms with E-state index in [1.807, 2.05) is 6.20 Å². The summed E-state index contributed by atoms with van der Waals surface area (Å²) in [5.74, 6) is 1.09. The van der Waals surface area contributed by atoms with Crippen molar-refractivity contribution in [2.75, 3.05) is 44.7 Å². The zero-order chi connectivity index (χ0) is 18.0. The molecule has 2 aliphatic rings. The molecule has 0 spiro atoms. The third-order valence-corrected chi connectivity index (χ3v) is 5.94. The number of hydrogen-bond acceptors (Lipinski definition) is 4. The highest BCUT2D eigenvalue weighted by atomic mass is 15.3. The van der Waals surface area contributed by atoms with Gasteiger partial charge in [0.2, 0.25) is 0 Å². The number of anilines is 1. The van der Waals surface area contributed by atoms with Gasteiger partial charge >= 0.3 is 0 Å². The predicted octanol–water partition coefficient (Wildman–Crippen LogP) is 3.18. The minimum Gasteiger partial charge on any atom is -0.358 e. The molecule has 138 valence electrons. The number of likely N-dealkylation sites (N-methyl/N-ethyl adjacent to an activating group) is 1. The molecule has 0 amide bonds. The standard InChI is InChI=1S/C22H30N4/c1-19-8-9-21(23-16-19)24(2)18-22(10-11-22)26-14-12-25(13-15-26)17-20-6-4-3-5-7-20/h3-9,16H,10-15,17-18H2,1-2H3. The maximum absolute atomic E-state index is 4.59. The fourth-order valence-corrected chi connectivity index (χ4v) is 4.15. The van der Waals surface area contributed by atoms with Crippen LogP contribution < -0.4 is 4.90 Å². The van der Waals surface area contributed by atoms with E-state index in [0.29, 0.717) is 5.54 Å². The van der Waals surface area contributed by atoms with Gasteiger partial charge in [-0.15, -0.1) is 0 Å². The molecular formula is C22H30N4. The summed E-state index contributed by atoms with van der Waals surface area (Å²) in [5.41, 5.74) is 3.02. The van der Waals surface area contributed by atoms with Gasteiger partial charge in [-0.25, -0.2) is 4.98 Å². The van der Waals surface area contributed by atoms with E-state index in [-0.39, 0.29) is 0 Å². The predicted molar refractivity (Wildman–Crippen MR) is 108 cm³/mol. The Morgan fingerprint density at radius 2 is 1.73 bits per heavy atom. The van der Waals surface area contributed by atoms with Crippen molar-refractivity contribution in [1.29, 1.82) is 0 Å². The summed E-state index contributed by atoms with van der Waals surface area (Å²) >= 11 is 0. The van der Waals surface area contributed by atoms with Gasteiger partial charge in [-0.05, 0) is 37.0 Å². The first-order valence-corrected chi connectivity index (χ1v) is 9.80. The number of aryl methyl sites for hydroxylation is 1. The number of aromatic nitrogens is 1. The monoisotopic (exact) mass is 350 g/mol. The molecule has 1 aromatic carbocycles. The molecule has 0 N–H and O–H groups in total. The van der Waals surface area contributed by atoms with Crippen LogP contribution in [-0.4, -0.2) is 60.1 Å². The second-order valence-electron chi connectivity index (χ2n) is 8.02. The van der Waals surface area contributed by atoms with Crippen LogP contribution in [-0.2, 0) is 6.54 Å². The van der Waals surface area contributed by atoms with Crippen molar-refractivity contribution in [1.82, 2.24) is 14.8 Å². The van der Waals surface area contributed by atoms with Crippen LogP contribution in [0.5, 0.6) is 0 Å². The van der Waals surface area contributed by atoms with E-state index < -0.39 is 0 Å². The molecule has 0 radical (unpaired) electrons. The lowest BCUT2D eigenvalue weighted by molar-refractivity contribution is 0.0834. The van der Waals surface area contributed by atoms with Gasteiger partial charge in [0.05, 0.1) is 0 Å². The average Bonchev–Trinajstić information content (AvgIpc) is 3.44. The van der Waals surface area contributed by atoms with Gasteiger partial charge in [-0.2, -0.15) is 0 Å². The highest BCUT2D eigenvalue weighted by Gasteiger charge is 2.49. The van der Waals surface area contributed by atoms with Crippen molar-refractivity contribution in [3.63, 3.8) is 0 Å². The maximum atomic E-state index is 4.59. The Morgan fingerprint density at radius 3 is 2.35 bits per heavy atom. The molecule has 1 aliphatic carbocycles. The normalized spacial score (nSPS) is 20.1. The Balaban J connectivity index is 1.31. The molecule has 4 nitrogen and oxygen atoms in total. The van der Waals surface area contributed by atoms with Crippen LogP contribution in [0, 0.1) is 6.92 Å². The van der Waals surface area contributed by atoms with Gasteiger partial charge in [-0.1, -0.05) is 36.4 Å². The summed E-state index contributed by atoms with van der Waals surface area (Å²) in [5, 5.41) is 0. The van der Waals surface area contributed by atoms with Crippen molar-refractivity contribution in [2.24, 2.45) is 0 Å². The van der Waals surface area contributed by atoms with E-state index in [1.54, 1.807) is 0 Å². The van der Waals surface area contributed by atoms with Crippen molar-refractivity contribution in [3.05, 3.63) is 59.8 Å². The molecule has 4 heteroatoms. The van der Waals surface area contributed by atoms with Crippen molar-refractivity contribution in [3.8, 4) is 0 Å². The number of benzene rings is 1. The summed E-state index contributed by atoms with van der Waals surface area (Å²) < 4.78 is 0. The summed E-state index contributed by atoms with van der Waals surface area (Å²) in [4.78, 5) is 12.3. The van der Waals surface area contributed by atoms with Gasteiger partial charge in [0.15, 0.2) is 0 Å². The van der Waals surface area contributed by atoms with Crippen LogP contribution in [0.4, 0.5) is 5.82 Å². The largest absolute Gasteiger partial charge is 0.358 e. The van der Waals surface area contributed by atoms with Crippen LogP contribution in [0.2, 0.25) is 0 Å². The van der Waals surface area contributed by atoms with Gasteiger partial charge in [0, 0.05) is 58.1 Å². The first-order valence-electron chi connectivity index (χ1n) is 9.80. The molecule has 2 heterocycles. The SMILES string of the molecule is Cc1ccc(N(C)CC2(N3CCN(Cc4ccccc4)CC3)CC2)nc1. The smallest absolute Gasteiger partial charge is 0.128 e.